The molecule has 0 saturated heterocycles. The lowest BCUT2D eigenvalue weighted by atomic mass is 10.0. The normalized spacial score (nSPS) is 11.3. The van der Waals surface area contributed by atoms with Gasteiger partial charge in [0.15, 0.2) is 0 Å². The van der Waals surface area contributed by atoms with Crippen molar-refractivity contribution in [2.24, 2.45) is 0 Å². The highest BCUT2D eigenvalue weighted by Crippen LogP contribution is 2.26. The van der Waals surface area contributed by atoms with E-state index in [1.165, 1.54) is 126 Å². The molecule has 0 heterocycles. The predicted molar refractivity (Wildman–Crippen MR) is 175 cm³/mol. The van der Waals surface area contributed by atoms with Crippen LogP contribution in [0.3, 0.4) is 0 Å². The minimum atomic E-state index is 0. The van der Waals surface area contributed by atoms with Crippen LogP contribution in [-0.2, 0) is 19.6 Å². The van der Waals surface area contributed by atoms with Gasteiger partial charge in [0.05, 0.1) is 6.54 Å². The van der Waals surface area contributed by atoms with Gasteiger partial charge in [0.2, 0.25) is 0 Å². The fourth-order valence-corrected chi connectivity index (χ4v) is 6.31. The Morgan fingerprint density at radius 3 is 0.927 bits per heavy atom. The summed E-state index contributed by atoms with van der Waals surface area (Å²) in [5, 5.41) is 0. The molecule has 0 aliphatic carbocycles. The molecule has 0 aliphatic rings. The summed E-state index contributed by atoms with van der Waals surface area (Å²) in [7, 11) is 0. The fraction of sp³-hybridized carbons (Fsp3) is 0.538. The lowest BCUT2D eigenvalue weighted by Crippen LogP contribution is -3.00. The third-order valence-corrected chi connectivity index (χ3v) is 8.57. The highest BCUT2D eigenvalue weighted by molar-refractivity contribution is 5.17. The zero-order valence-electron chi connectivity index (χ0n) is 26.1. The van der Waals surface area contributed by atoms with Crippen LogP contribution in [0, 0.1) is 0 Å². The van der Waals surface area contributed by atoms with Gasteiger partial charge in [-0.05, 0) is 12.8 Å². The van der Waals surface area contributed by atoms with Crippen LogP contribution in [0.25, 0.3) is 0 Å². The molecular formula is C39H58BrN. The predicted octanol–water partition coefficient (Wildman–Crippen LogP) is 8.67. The molecule has 0 bridgehead atoms. The van der Waals surface area contributed by atoms with E-state index in [2.05, 4.69) is 97.9 Å². The zero-order valence-corrected chi connectivity index (χ0v) is 27.7. The van der Waals surface area contributed by atoms with Crippen LogP contribution in [0.15, 0.2) is 91.0 Å². The minimum Gasteiger partial charge on any atom is -1.00 e. The summed E-state index contributed by atoms with van der Waals surface area (Å²) in [4.78, 5) is 0. The van der Waals surface area contributed by atoms with Gasteiger partial charge in [-0.1, -0.05) is 188 Å². The number of benzene rings is 3. The van der Waals surface area contributed by atoms with Crippen molar-refractivity contribution in [1.82, 2.24) is 0 Å². The first-order valence-corrected chi connectivity index (χ1v) is 16.8. The topological polar surface area (TPSA) is 0 Å². The van der Waals surface area contributed by atoms with Crippen LogP contribution in [0.4, 0.5) is 0 Å². The van der Waals surface area contributed by atoms with Crippen molar-refractivity contribution in [1.29, 1.82) is 0 Å². The maximum absolute atomic E-state index is 2.32. The maximum atomic E-state index is 2.32. The molecule has 3 aromatic rings. The van der Waals surface area contributed by atoms with E-state index in [0.717, 1.165) is 24.1 Å². The summed E-state index contributed by atoms with van der Waals surface area (Å²) >= 11 is 0. The van der Waals surface area contributed by atoms with Gasteiger partial charge in [0.1, 0.15) is 19.6 Å². The van der Waals surface area contributed by atoms with E-state index < -0.39 is 0 Å². The largest absolute Gasteiger partial charge is 1.00 e. The Bertz CT molecular complexity index is 871. The average Bonchev–Trinajstić information content (AvgIpc) is 2.98. The van der Waals surface area contributed by atoms with Crippen molar-refractivity contribution >= 4 is 0 Å². The molecule has 0 N–H and O–H groups in total. The SMILES string of the molecule is CCCCCCCCCCCCCCCCCC[N+](Cc1ccccc1)(Cc1ccccc1)Cc1ccccc1.[Br-]. The van der Waals surface area contributed by atoms with E-state index in [1.807, 2.05) is 0 Å². The summed E-state index contributed by atoms with van der Waals surface area (Å²) in [5.74, 6) is 0. The van der Waals surface area contributed by atoms with E-state index in [4.69, 9.17) is 0 Å². The first-order chi connectivity index (χ1) is 19.8. The number of hydrogen-bond acceptors (Lipinski definition) is 0. The van der Waals surface area contributed by atoms with Crippen LogP contribution in [0.2, 0.25) is 0 Å². The molecule has 3 aromatic carbocycles. The lowest BCUT2D eigenvalue weighted by Gasteiger charge is -2.39. The molecule has 41 heavy (non-hydrogen) atoms. The Morgan fingerprint density at radius 1 is 0.366 bits per heavy atom. The van der Waals surface area contributed by atoms with Crippen LogP contribution >= 0.6 is 0 Å². The first kappa shape index (κ1) is 35.3. The highest BCUT2D eigenvalue weighted by Gasteiger charge is 2.28. The molecule has 0 aromatic heterocycles. The lowest BCUT2D eigenvalue weighted by molar-refractivity contribution is -0.966. The minimum absolute atomic E-state index is 0. The maximum Gasteiger partial charge on any atom is 0.105 e. The van der Waals surface area contributed by atoms with Gasteiger partial charge in [-0.25, -0.2) is 0 Å². The summed E-state index contributed by atoms with van der Waals surface area (Å²) < 4.78 is 1.09. The van der Waals surface area contributed by atoms with Gasteiger partial charge in [-0.2, -0.15) is 0 Å². The third-order valence-electron chi connectivity index (χ3n) is 8.57. The van der Waals surface area contributed by atoms with Crippen LogP contribution in [0.5, 0.6) is 0 Å². The molecular weight excluding hydrogens is 562 g/mol. The van der Waals surface area contributed by atoms with Gasteiger partial charge in [-0.3, -0.25) is 0 Å². The number of nitrogens with zero attached hydrogens (tertiary/aromatic N) is 1. The van der Waals surface area contributed by atoms with Crippen molar-refractivity contribution in [2.45, 2.75) is 129 Å². The fourth-order valence-electron chi connectivity index (χ4n) is 6.31. The van der Waals surface area contributed by atoms with Gasteiger partial charge in [-0.15, -0.1) is 0 Å². The molecule has 0 aliphatic heterocycles. The molecule has 3 rings (SSSR count). The second-order valence-corrected chi connectivity index (χ2v) is 12.3. The molecule has 0 saturated carbocycles. The van der Waals surface area contributed by atoms with Crippen molar-refractivity contribution in [2.75, 3.05) is 6.54 Å². The first-order valence-electron chi connectivity index (χ1n) is 16.8. The van der Waals surface area contributed by atoms with Crippen LogP contribution in [-0.4, -0.2) is 11.0 Å². The van der Waals surface area contributed by atoms with Crippen LogP contribution < -0.4 is 17.0 Å². The Kier molecular flexibility index (Phi) is 19.5. The van der Waals surface area contributed by atoms with Crippen LogP contribution in [0.1, 0.15) is 126 Å². The highest BCUT2D eigenvalue weighted by atomic mass is 79.9. The Balaban J connectivity index is 0.00000588. The number of hydrogen-bond donors (Lipinski definition) is 0. The zero-order chi connectivity index (χ0) is 28.0. The van der Waals surface area contributed by atoms with Crippen molar-refractivity contribution < 1.29 is 21.5 Å². The molecule has 0 unspecified atom stereocenters. The Morgan fingerprint density at radius 2 is 0.634 bits per heavy atom. The quantitative estimate of drug-likeness (QED) is 0.0735. The number of quaternary nitrogens is 1. The summed E-state index contributed by atoms with van der Waals surface area (Å²) in [6.07, 6.45) is 22.8. The number of unbranched alkanes of at least 4 members (excludes halogenated alkanes) is 15. The van der Waals surface area contributed by atoms with E-state index in [-0.39, 0.29) is 17.0 Å². The second kappa shape index (κ2) is 22.7. The number of rotatable bonds is 23. The van der Waals surface area contributed by atoms with Gasteiger partial charge >= 0.3 is 0 Å². The average molecular weight is 621 g/mol. The monoisotopic (exact) mass is 619 g/mol. The van der Waals surface area contributed by atoms with Gasteiger partial charge in [0, 0.05) is 16.7 Å². The van der Waals surface area contributed by atoms with Gasteiger partial charge in [0.25, 0.3) is 0 Å². The second-order valence-electron chi connectivity index (χ2n) is 12.3. The molecule has 0 atom stereocenters. The molecule has 226 valence electrons. The summed E-state index contributed by atoms with van der Waals surface area (Å²) in [6.45, 7) is 6.80. The van der Waals surface area contributed by atoms with Gasteiger partial charge < -0.3 is 21.5 Å². The Labute approximate surface area is 264 Å². The number of halogens is 1. The van der Waals surface area contributed by atoms with E-state index in [1.54, 1.807) is 0 Å². The standard InChI is InChI=1S/C39H58N.BrH/c1-2-3-4-5-6-7-8-9-10-11-12-13-14-15-16-26-33-40(34-37-27-20-17-21-28-37,35-38-29-22-18-23-30-38)36-39-31-24-19-25-32-39;/h17-25,27-32H,2-16,26,33-36H2,1H3;1H/q+1;/p-1. The molecule has 0 spiro atoms. The summed E-state index contributed by atoms with van der Waals surface area (Å²) in [6, 6.07) is 33.5. The smallest absolute Gasteiger partial charge is 0.105 e. The molecule has 0 amide bonds. The molecule has 0 fully saturated rings. The molecule has 2 heteroatoms. The van der Waals surface area contributed by atoms with Crippen molar-refractivity contribution in [3.05, 3.63) is 108 Å². The third kappa shape index (κ3) is 15.8. The van der Waals surface area contributed by atoms with E-state index in [0.29, 0.717) is 0 Å². The van der Waals surface area contributed by atoms with E-state index in [9.17, 15) is 0 Å². The van der Waals surface area contributed by atoms with Crippen molar-refractivity contribution in [3.63, 3.8) is 0 Å². The summed E-state index contributed by atoms with van der Waals surface area (Å²) in [5.41, 5.74) is 4.35. The molecule has 0 radical (unpaired) electrons. The Hall–Kier alpha value is -1.90. The van der Waals surface area contributed by atoms with Crippen molar-refractivity contribution in [3.8, 4) is 0 Å². The molecule has 1 nitrogen and oxygen atoms in total. The van der Waals surface area contributed by atoms with E-state index >= 15 is 0 Å².